The maximum absolute atomic E-state index is 10.3. The van der Waals surface area contributed by atoms with E-state index in [1.54, 1.807) is 6.26 Å². The molecular weight excluding hydrogens is 192 g/mol. The van der Waals surface area contributed by atoms with Gasteiger partial charge in [-0.2, -0.15) is 0 Å². The Bertz CT molecular complexity index is 401. The molecule has 0 saturated heterocycles. The van der Waals surface area contributed by atoms with E-state index in [2.05, 4.69) is 0 Å². The van der Waals surface area contributed by atoms with Crippen molar-refractivity contribution in [2.75, 3.05) is 13.2 Å². The van der Waals surface area contributed by atoms with E-state index in [1.807, 2.05) is 19.1 Å². The minimum absolute atomic E-state index is 0.201. The van der Waals surface area contributed by atoms with Crippen LogP contribution in [0.3, 0.4) is 0 Å². The van der Waals surface area contributed by atoms with Crippen LogP contribution in [-0.2, 0) is 4.74 Å². The van der Waals surface area contributed by atoms with Crippen LogP contribution in [0.25, 0.3) is 0 Å². The molecular formula is C12H14O3. The van der Waals surface area contributed by atoms with Crippen molar-refractivity contribution in [3.8, 4) is 0 Å². The Morgan fingerprint density at radius 1 is 1.47 bits per heavy atom. The lowest BCUT2D eigenvalue weighted by Gasteiger charge is -2.21. The molecule has 0 unspecified atom stereocenters. The van der Waals surface area contributed by atoms with Gasteiger partial charge in [0.1, 0.15) is 5.76 Å². The Morgan fingerprint density at radius 2 is 2.33 bits per heavy atom. The van der Waals surface area contributed by atoms with Gasteiger partial charge >= 0.3 is 0 Å². The van der Waals surface area contributed by atoms with E-state index in [9.17, 15) is 5.11 Å². The molecule has 1 aliphatic heterocycles. The van der Waals surface area contributed by atoms with Crippen LogP contribution in [0.5, 0.6) is 0 Å². The number of rotatable bonds is 1. The fourth-order valence-electron chi connectivity index (χ4n) is 2.66. The first kappa shape index (κ1) is 9.19. The van der Waals surface area contributed by atoms with Gasteiger partial charge in [-0.15, -0.1) is 0 Å². The minimum atomic E-state index is -0.719. The quantitative estimate of drug-likeness (QED) is 0.713. The van der Waals surface area contributed by atoms with Gasteiger partial charge in [-0.3, -0.25) is 0 Å². The fourth-order valence-corrected chi connectivity index (χ4v) is 2.66. The van der Waals surface area contributed by atoms with Crippen molar-refractivity contribution in [1.29, 1.82) is 0 Å². The zero-order valence-electron chi connectivity index (χ0n) is 8.69. The van der Waals surface area contributed by atoms with E-state index in [-0.39, 0.29) is 5.92 Å². The normalized spacial score (nSPS) is 34.9. The highest BCUT2D eigenvalue weighted by atomic mass is 16.5. The highest BCUT2D eigenvalue weighted by Crippen LogP contribution is 2.47. The molecule has 0 spiro atoms. The number of aliphatic hydroxyl groups is 1. The molecule has 1 N–H and O–H groups in total. The second-order valence-corrected chi connectivity index (χ2v) is 4.54. The van der Waals surface area contributed by atoms with E-state index < -0.39 is 5.60 Å². The molecule has 15 heavy (non-hydrogen) atoms. The first-order valence-corrected chi connectivity index (χ1v) is 5.24. The zero-order valence-corrected chi connectivity index (χ0v) is 8.69. The molecule has 80 valence electrons. The van der Waals surface area contributed by atoms with Crippen molar-refractivity contribution in [1.82, 2.24) is 0 Å². The monoisotopic (exact) mass is 206 g/mol. The average Bonchev–Trinajstić information content (AvgIpc) is 2.86. The van der Waals surface area contributed by atoms with Crippen molar-refractivity contribution < 1.29 is 14.3 Å². The Hall–Kier alpha value is -1.06. The molecule has 2 heterocycles. The molecule has 0 bridgehead atoms. The summed E-state index contributed by atoms with van der Waals surface area (Å²) in [5.74, 6) is 1.14. The lowest BCUT2D eigenvalue weighted by Crippen LogP contribution is -2.25. The number of hydrogen-bond acceptors (Lipinski definition) is 3. The van der Waals surface area contributed by atoms with Crippen molar-refractivity contribution in [3.63, 3.8) is 0 Å². The van der Waals surface area contributed by atoms with Gasteiger partial charge in [-0.1, -0.05) is 0 Å². The number of furan rings is 1. The average molecular weight is 206 g/mol. The molecule has 1 aromatic rings. The summed E-state index contributed by atoms with van der Waals surface area (Å²) in [5, 5.41) is 10.3. The fraction of sp³-hybridized carbons (Fsp3) is 0.500. The van der Waals surface area contributed by atoms with Crippen LogP contribution in [0.1, 0.15) is 25.0 Å². The second-order valence-electron chi connectivity index (χ2n) is 4.54. The summed E-state index contributed by atoms with van der Waals surface area (Å²) in [6.45, 7) is 3.07. The van der Waals surface area contributed by atoms with Crippen molar-refractivity contribution in [3.05, 3.63) is 35.3 Å². The summed E-state index contributed by atoms with van der Waals surface area (Å²) >= 11 is 0. The maximum Gasteiger partial charge on any atom is 0.111 e. The van der Waals surface area contributed by atoms with E-state index in [4.69, 9.17) is 9.15 Å². The SMILES string of the molecule is C[C@@]1(O)C[C@@H](c2ccco2)C2=C1COC2. The summed E-state index contributed by atoms with van der Waals surface area (Å²) in [6.07, 6.45) is 2.40. The van der Waals surface area contributed by atoms with Crippen molar-refractivity contribution in [2.45, 2.75) is 24.9 Å². The molecule has 0 aromatic carbocycles. The Labute approximate surface area is 88.4 Å². The summed E-state index contributed by atoms with van der Waals surface area (Å²) in [7, 11) is 0. The number of hydrogen-bond donors (Lipinski definition) is 1. The minimum Gasteiger partial charge on any atom is -0.469 e. The lowest BCUT2D eigenvalue weighted by atomic mass is 9.95. The number of ether oxygens (including phenoxy) is 1. The summed E-state index contributed by atoms with van der Waals surface area (Å²) < 4.78 is 10.8. The van der Waals surface area contributed by atoms with E-state index in [1.165, 1.54) is 5.57 Å². The van der Waals surface area contributed by atoms with Gasteiger partial charge in [0.15, 0.2) is 0 Å². The third-order valence-corrected chi connectivity index (χ3v) is 3.45. The lowest BCUT2D eigenvalue weighted by molar-refractivity contribution is 0.0727. The summed E-state index contributed by atoms with van der Waals surface area (Å²) in [5.41, 5.74) is 1.56. The third-order valence-electron chi connectivity index (χ3n) is 3.45. The predicted molar refractivity (Wildman–Crippen MR) is 54.5 cm³/mol. The summed E-state index contributed by atoms with van der Waals surface area (Å²) in [4.78, 5) is 0. The van der Waals surface area contributed by atoms with Crippen LogP contribution in [0, 0.1) is 0 Å². The van der Waals surface area contributed by atoms with Gasteiger partial charge in [0.05, 0.1) is 25.1 Å². The highest BCUT2D eigenvalue weighted by molar-refractivity contribution is 5.41. The first-order valence-electron chi connectivity index (χ1n) is 5.24. The van der Waals surface area contributed by atoms with Crippen LogP contribution in [-0.4, -0.2) is 23.9 Å². The van der Waals surface area contributed by atoms with Crippen LogP contribution in [0.4, 0.5) is 0 Å². The Kier molecular flexibility index (Phi) is 1.82. The molecule has 0 saturated carbocycles. The molecule has 0 amide bonds. The molecule has 0 fully saturated rings. The van der Waals surface area contributed by atoms with Crippen LogP contribution in [0.2, 0.25) is 0 Å². The van der Waals surface area contributed by atoms with Gasteiger partial charge in [0.2, 0.25) is 0 Å². The molecule has 2 aliphatic rings. The third kappa shape index (κ3) is 1.27. The van der Waals surface area contributed by atoms with Gasteiger partial charge in [-0.25, -0.2) is 0 Å². The van der Waals surface area contributed by atoms with Crippen molar-refractivity contribution >= 4 is 0 Å². The van der Waals surface area contributed by atoms with E-state index in [0.717, 1.165) is 11.3 Å². The maximum atomic E-state index is 10.3. The van der Waals surface area contributed by atoms with E-state index >= 15 is 0 Å². The van der Waals surface area contributed by atoms with Crippen molar-refractivity contribution in [2.24, 2.45) is 0 Å². The molecule has 3 rings (SSSR count). The van der Waals surface area contributed by atoms with Gasteiger partial charge in [-0.05, 0) is 36.6 Å². The topological polar surface area (TPSA) is 42.6 Å². The molecule has 3 nitrogen and oxygen atoms in total. The highest BCUT2D eigenvalue weighted by Gasteiger charge is 2.44. The van der Waals surface area contributed by atoms with Gasteiger partial charge in [0, 0.05) is 5.92 Å². The predicted octanol–water partition coefficient (Wildman–Crippen LogP) is 1.84. The molecule has 2 atom stereocenters. The van der Waals surface area contributed by atoms with Crippen LogP contribution < -0.4 is 0 Å². The van der Waals surface area contributed by atoms with Gasteiger partial charge in [0.25, 0.3) is 0 Å². The standard InChI is InChI=1S/C12H14O3/c1-12(13)5-8(11-3-2-4-15-11)9-6-14-7-10(9)12/h2-4,8,13H,5-7H2,1H3/t8-,12-/m1/s1. The van der Waals surface area contributed by atoms with Crippen LogP contribution >= 0.6 is 0 Å². The molecule has 3 heteroatoms. The molecule has 0 radical (unpaired) electrons. The zero-order chi connectivity index (χ0) is 10.5. The smallest absolute Gasteiger partial charge is 0.111 e. The van der Waals surface area contributed by atoms with Gasteiger partial charge < -0.3 is 14.3 Å². The first-order chi connectivity index (χ1) is 7.18. The largest absolute Gasteiger partial charge is 0.469 e. The molecule has 1 aromatic heterocycles. The Morgan fingerprint density at radius 3 is 3.07 bits per heavy atom. The Balaban J connectivity index is 2.01. The summed E-state index contributed by atoms with van der Waals surface area (Å²) in [6, 6.07) is 3.85. The second kappa shape index (κ2) is 2.97. The molecule has 1 aliphatic carbocycles. The van der Waals surface area contributed by atoms with Crippen LogP contribution in [0.15, 0.2) is 34.0 Å². The van der Waals surface area contributed by atoms with E-state index in [0.29, 0.717) is 19.6 Å².